The molecule has 1 aromatic rings. The van der Waals surface area contributed by atoms with Gasteiger partial charge < -0.3 is 5.73 Å². The fraction of sp³-hybridized carbons (Fsp3) is 0.600. The van der Waals surface area contributed by atoms with Crippen LogP contribution in [-0.4, -0.2) is 21.5 Å². The van der Waals surface area contributed by atoms with E-state index in [4.69, 9.17) is 5.73 Å². The first-order valence-corrected chi connectivity index (χ1v) is 8.89. The highest BCUT2D eigenvalue weighted by molar-refractivity contribution is 7.89. The molecule has 1 aliphatic carbocycles. The summed E-state index contributed by atoms with van der Waals surface area (Å²) in [6.07, 6.45) is 6.80. The van der Waals surface area contributed by atoms with Crippen molar-refractivity contribution in [3.8, 4) is 0 Å². The molecule has 1 fully saturated rings. The van der Waals surface area contributed by atoms with Crippen molar-refractivity contribution in [1.82, 2.24) is 4.72 Å². The van der Waals surface area contributed by atoms with Crippen molar-refractivity contribution >= 4 is 10.0 Å². The molecular formula is C15H24N2O2S. The van der Waals surface area contributed by atoms with Crippen molar-refractivity contribution in [3.05, 3.63) is 29.8 Å². The monoisotopic (exact) mass is 296 g/mol. The van der Waals surface area contributed by atoms with E-state index in [0.29, 0.717) is 23.9 Å². The van der Waals surface area contributed by atoms with Crippen molar-refractivity contribution in [3.63, 3.8) is 0 Å². The minimum absolute atomic E-state index is 0.338. The van der Waals surface area contributed by atoms with Crippen LogP contribution >= 0.6 is 0 Å². The average Bonchev–Trinajstić information content (AvgIpc) is 2.93. The molecule has 0 aliphatic heterocycles. The number of sulfonamides is 1. The molecule has 4 nitrogen and oxygen atoms in total. The van der Waals surface area contributed by atoms with E-state index in [2.05, 4.69) is 4.72 Å². The smallest absolute Gasteiger partial charge is 0.240 e. The van der Waals surface area contributed by atoms with Crippen LogP contribution in [0.25, 0.3) is 0 Å². The molecule has 1 saturated carbocycles. The van der Waals surface area contributed by atoms with Crippen LogP contribution in [-0.2, 0) is 16.4 Å². The Kier molecular flexibility index (Phi) is 5.57. The van der Waals surface area contributed by atoms with Gasteiger partial charge in [0.25, 0.3) is 0 Å². The van der Waals surface area contributed by atoms with Gasteiger partial charge in [-0.15, -0.1) is 0 Å². The highest BCUT2D eigenvalue weighted by Gasteiger charge is 2.17. The van der Waals surface area contributed by atoms with E-state index in [1.54, 1.807) is 12.1 Å². The van der Waals surface area contributed by atoms with Crippen LogP contribution in [0.15, 0.2) is 29.2 Å². The minimum Gasteiger partial charge on any atom is -0.330 e. The summed E-state index contributed by atoms with van der Waals surface area (Å²) in [6, 6.07) is 6.97. The minimum atomic E-state index is -3.36. The van der Waals surface area contributed by atoms with Crippen LogP contribution in [0.4, 0.5) is 0 Å². The van der Waals surface area contributed by atoms with E-state index in [0.717, 1.165) is 18.4 Å². The van der Waals surface area contributed by atoms with Crippen molar-refractivity contribution in [1.29, 1.82) is 0 Å². The first kappa shape index (κ1) is 15.5. The Bertz CT molecular complexity index is 505. The van der Waals surface area contributed by atoms with Gasteiger partial charge in [0.05, 0.1) is 4.90 Å². The predicted octanol–water partition coefficient (Wildman–Crippen LogP) is 2.05. The van der Waals surface area contributed by atoms with Gasteiger partial charge in [0.15, 0.2) is 0 Å². The molecule has 0 heterocycles. The van der Waals surface area contributed by atoms with Gasteiger partial charge in [0.2, 0.25) is 10.0 Å². The van der Waals surface area contributed by atoms with E-state index in [9.17, 15) is 8.42 Å². The Morgan fingerprint density at radius 2 is 1.80 bits per heavy atom. The number of hydrogen-bond donors (Lipinski definition) is 2. The summed E-state index contributed by atoms with van der Waals surface area (Å²) in [6.45, 7) is 1.11. The highest BCUT2D eigenvalue weighted by atomic mass is 32.2. The normalized spacial score (nSPS) is 16.6. The van der Waals surface area contributed by atoms with Gasteiger partial charge in [-0.25, -0.2) is 13.1 Å². The summed E-state index contributed by atoms with van der Waals surface area (Å²) >= 11 is 0. The molecule has 0 aromatic heterocycles. The third-order valence-corrected chi connectivity index (χ3v) is 5.46. The summed E-state index contributed by atoms with van der Waals surface area (Å²) in [7, 11) is -3.36. The third-order valence-electron chi connectivity index (χ3n) is 3.99. The Balaban J connectivity index is 1.88. The van der Waals surface area contributed by atoms with E-state index < -0.39 is 10.0 Å². The molecule has 3 N–H and O–H groups in total. The molecule has 1 aliphatic rings. The SMILES string of the molecule is NCCc1ccc(S(=O)(=O)NCCC2CCCC2)cc1. The lowest BCUT2D eigenvalue weighted by Crippen LogP contribution is -2.26. The first-order chi connectivity index (χ1) is 9.62. The fourth-order valence-corrected chi connectivity index (χ4v) is 3.83. The molecule has 0 unspecified atom stereocenters. The number of nitrogens with one attached hydrogen (secondary N) is 1. The van der Waals surface area contributed by atoms with Crippen molar-refractivity contribution in [2.75, 3.05) is 13.1 Å². The van der Waals surface area contributed by atoms with Gasteiger partial charge in [-0.2, -0.15) is 0 Å². The summed E-state index contributed by atoms with van der Waals surface area (Å²) in [5.41, 5.74) is 6.55. The fourth-order valence-electron chi connectivity index (χ4n) is 2.78. The number of benzene rings is 1. The summed E-state index contributed by atoms with van der Waals surface area (Å²) in [5.74, 6) is 0.699. The molecule has 0 atom stereocenters. The van der Waals surface area contributed by atoms with Crippen LogP contribution < -0.4 is 10.5 Å². The van der Waals surface area contributed by atoms with Crippen LogP contribution in [0.5, 0.6) is 0 Å². The Labute approximate surface area is 121 Å². The predicted molar refractivity (Wildman–Crippen MR) is 81.0 cm³/mol. The standard InChI is InChI=1S/C15H24N2O2S/c16-11-9-14-5-7-15(8-6-14)20(18,19)17-12-10-13-3-1-2-4-13/h5-8,13,17H,1-4,9-12,16H2. The van der Waals surface area contributed by atoms with E-state index >= 15 is 0 Å². The maximum atomic E-state index is 12.1. The zero-order valence-electron chi connectivity index (χ0n) is 11.8. The third kappa shape index (κ3) is 4.30. The molecule has 2 rings (SSSR count). The quantitative estimate of drug-likeness (QED) is 0.809. The molecule has 5 heteroatoms. The van der Waals surface area contributed by atoms with Gasteiger partial charge >= 0.3 is 0 Å². The van der Waals surface area contributed by atoms with Crippen LogP contribution in [0.3, 0.4) is 0 Å². The largest absolute Gasteiger partial charge is 0.330 e. The second kappa shape index (κ2) is 7.20. The molecule has 112 valence electrons. The Morgan fingerprint density at radius 3 is 2.40 bits per heavy atom. The maximum absolute atomic E-state index is 12.1. The van der Waals surface area contributed by atoms with Crippen LogP contribution in [0.2, 0.25) is 0 Å². The second-order valence-corrected chi connectivity index (χ2v) is 7.29. The first-order valence-electron chi connectivity index (χ1n) is 7.40. The Morgan fingerprint density at radius 1 is 1.15 bits per heavy atom. The van der Waals surface area contributed by atoms with Crippen LogP contribution in [0.1, 0.15) is 37.7 Å². The molecule has 1 aromatic carbocycles. The number of rotatable bonds is 7. The van der Waals surface area contributed by atoms with Crippen molar-refractivity contribution in [2.24, 2.45) is 11.7 Å². The average molecular weight is 296 g/mol. The van der Waals surface area contributed by atoms with Crippen molar-refractivity contribution in [2.45, 2.75) is 43.4 Å². The lowest BCUT2D eigenvalue weighted by Gasteiger charge is -2.10. The number of nitrogens with two attached hydrogens (primary N) is 1. The molecule has 0 saturated heterocycles. The van der Waals surface area contributed by atoms with Crippen LogP contribution in [0, 0.1) is 5.92 Å². The van der Waals surface area contributed by atoms with Gasteiger partial charge in [-0.1, -0.05) is 37.8 Å². The molecule has 0 bridgehead atoms. The van der Waals surface area contributed by atoms with Gasteiger partial charge in [-0.3, -0.25) is 0 Å². The maximum Gasteiger partial charge on any atom is 0.240 e. The summed E-state index contributed by atoms with van der Waals surface area (Å²) < 4.78 is 27.0. The lowest BCUT2D eigenvalue weighted by molar-refractivity contribution is 0.495. The lowest BCUT2D eigenvalue weighted by atomic mass is 10.1. The number of hydrogen-bond acceptors (Lipinski definition) is 3. The second-order valence-electron chi connectivity index (χ2n) is 5.52. The summed E-state index contributed by atoms with van der Waals surface area (Å²) in [5, 5.41) is 0. The van der Waals surface area contributed by atoms with Crippen molar-refractivity contribution < 1.29 is 8.42 Å². The molecular weight excluding hydrogens is 272 g/mol. The topological polar surface area (TPSA) is 72.2 Å². The van der Waals surface area contributed by atoms with E-state index in [-0.39, 0.29) is 0 Å². The Hall–Kier alpha value is -0.910. The van der Waals surface area contributed by atoms with Gasteiger partial charge in [0.1, 0.15) is 0 Å². The van der Waals surface area contributed by atoms with E-state index in [1.165, 1.54) is 25.7 Å². The van der Waals surface area contributed by atoms with Gasteiger partial charge in [-0.05, 0) is 43.0 Å². The zero-order chi connectivity index (χ0) is 14.4. The molecule has 0 radical (unpaired) electrons. The van der Waals surface area contributed by atoms with E-state index in [1.807, 2.05) is 12.1 Å². The summed E-state index contributed by atoms with van der Waals surface area (Å²) in [4.78, 5) is 0.338. The zero-order valence-corrected chi connectivity index (χ0v) is 12.7. The highest BCUT2D eigenvalue weighted by Crippen LogP contribution is 2.27. The molecule has 0 spiro atoms. The molecule has 0 amide bonds. The molecule has 20 heavy (non-hydrogen) atoms. The van der Waals surface area contributed by atoms with Gasteiger partial charge in [0, 0.05) is 6.54 Å².